The SMILES string of the molecule is Cc1ccncc1.Fc1ccc(-c2cnoc2)cc1. The Bertz CT molecular complexity index is 592. The molecule has 3 rings (SSSR count). The summed E-state index contributed by atoms with van der Waals surface area (Å²) in [5.41, 5.74) is 3.02. The zero-order chi connectivity index (χ0) is 13.5. The molecule has 0 spiro atoms. The van der Waals surface area contributed by atoms with Crippen LogP contribution in [0.1, 0.15) is 5.56 Å². The van der Waals surface area contributed by atoms with Crippen molar-refractivity contribution in [2.45, 2.75) is 6.92 Å². The lowest BCUT2D eigenvalue weighted by Crippen LogP contribution is -1.74. The van der Waals surface area contributed by atoms with E-state index >= 15 is 0 Å². The summed E-state index contributed by atoms with van der Waals surface area (Å²) in [7, 11) is 0. The molecule has 4 heteroatoms. The van der Waals surface area contributed by atoms with E-state index in [0.29, 0.717) is 0 Å². The summed E-state index contributed by atoms with van der Waals surface area (Å²) in [5, 5.41) is 3.55. The van der Waals surface area contributed by atoms with Crippen LogP contribution in [0.5, 0.6) is 0 Å². The number of aromatic nitrogens is 2. The maximum Gasteiger partial charge on any atom is 0.131 e. The molecule has 0 atom stereocenters. The molecule has 0 saturated heterocycles. The van der Waals surface area contributed by atoms with Crippen LogP contribution in [-0.4, -0.2) is 10.1 Å². The van der Waals surface area contributed by atoms with Crippen molar-refractivity contribution in [3.63, 3.8) is 0 Å². The molecule has 0 aliphatic heterocycles. The van der Waals surface area contributed by atoms with Gasteiger partial charge in [0.1, 0.15) is 12.1 Å². The Labute approximate surface area is 110 Å². The normalized spacial score (nSPS) is 9.58. The highest BCUT2D eigenvalue weighted by molar-refractivity contribution is 5.60. The summed E-state index contributed by atoms with van der Waals surface area (Å²) in [6.45, 7) is 2.04. The second-order valence-corrected chi connectivity index (χ2v) is 3.94. The van der Waals surface area contributed by atoms with Crippen molar-refractivity contribution in [3.05, 3.63) is 72.6 Å². The maximum absolute atomic E-state index is 12.5. The molecule has 2 aromatic heterocycles. The molecule has 0 amide bonds. The average molecular weight is 256 g/mol. The van der Waals surface area contributed by atoms with Crippen LogP contribution in [-0.2, 0) is 0 Å². The lowest BCUT2D eigenvalue weighted by molar-refractivity contribution is 0.420. The Morgan fingerprint density at radius 1 is 0.947 bits per heavy atom. The van der Waals surface area contributed by atoms with Gasteiger partial charge in [0, 0.05) is 18.0 Å². The number of rotatable bonds is 1. The Hall–Kier alpha value is -2.49. The van der Waals surface area contributed by atoms with Gasteiger partial charge in [0.25, 0.3) is 0 Å². The Morgan fingerprint density at radius 2 is 1.63 bits per heavy atom. The summed E-state index contributed by atoms with van der Waals surface area (Å²) >= 11 is 0. The van der Waals surface area contributed by atoms with E-state index < -0.39 is 0 Å². The molecule has 0 fully saturated rings. The highest BCUT2D eigenvalue weighted by Crippen LogP contribution is 2.17. The van der Waals surface area contributed by atoms with Crippen LogP contribution in [0.2, 0.25) is 0 Å². The minimum atomic E-state index is -0.241. The lowest BCUT2D eigenvalue weighted by Gasteiger charge is -1.93. The van der Waals surface area contributed by atoms with Crippen LogP contribution in [0.4, 0.5) is 4.39 Å². The molecule has 0 radical (unpaired) electrons. The van der Waals surface area contributed by atoms with E-state index in [1.807, 2.05) is 19.1 Å². The van der Waals surface area contributed by atoms with Crippen LogP contribution >= 0.6 is 0 Å². The van der Waals surface area contributed by atoms with Gasteiger partial charge in [0.15, 0.2) is 0 Å². The molecule has 19 heavy (non-hydrogen) atoms. The van der Waals surface area contributed by atoms with Gasteiger partial charge in [0.05, 0.1) is 6.20 Å². The predicted octanol–water partition coefficient (Wildman–Crippen LogP) is 3.87. The molecular weight excluding hydrogens is 243 g/mol. The van der Waals surface area contributed by atoms with Crippen LogP contribution in [0.25, 0.3) is 11.1 Å². The largest absolute Gasteiger partial charge is 0.364 e. The van der Waals surface area contributed by atoms with E-state index in [1.165, 1.54) is 24.0 Å². The molecule has 0 N–H and O–H groups in total. The number of benzene rings is 1. The van der Waals surface area contributed by atoms with Crippen molar-refractivity contribution < 1.29 is 8.91 Å². The number of hydrogen-bond donors (Lipinski definition) is 0. The Morgan fingerprint density at radius 3 is 2.11 bits per heavy atom. The highest BCUT2D eigenvalue weighted by Gasteiger charge is 1.98. The summed E-state index contributed by atoms with van der Waals surface area (Å²) in [6.07, 6.45) is 6.69. The van der Waals surface area contributed by atoms with Gasteiger partial charge >= 0.3 is 0 Å². The van der Waals surface area contributed by atoms with E-state index in [0.717, 1.165) is 11.1 Å². The Kier molecular flexibility index (Phi) is 4.39. The van der Waals surface area contributed by atoms with Crippen molar-refractivity contribution in [2.24, 2.45) is 0 Å². The molecule has 3 nitrogen and oxygen atoms in total. The molecule has 0 aliphatic rings. The summed E-state index contributed by atoms with van der Waals surface area (Å²) in [5.74, 6) is -0.241. The second-order valence-electron chi connectivity index (χ2n) is 3.94. The quantitative estimate of drug-likeness (QED) is 0.663. The van der Waals surface area contributed by atoms with E-state index in [-0.39, 0.29) is 5.82 Å². The fourth-order valence-corrected chi connectivity index (χ4v) is 1.42. The molecule has 0 aliphatic carbocycles. The van der Waals surface area contributed by atoms with Crippen molar-refractivity contribution in [2.75, 3.05) is 0 Å². The fraction of sp³-hybridized carbons (Fsp3) is 0.0667. The average Bonchev–Trinajstić information content (AvgIpc) is 2.95. The van der Waals surface area contributed by atoms with Gasteiger partial charge in [-0.05, 0) is 42.3 Å². The van der Waals surface area contributed by atoms with Gasteiger partial charge in [-0.25, -0.2) is 4.39 Å². The fourth-order valence-electron chi connectivity index (χ4n) is 1.42. The topological polar surface area (TPSA) is 38.9 Å². The molecule has 0 bridgehead atoms. The number of nitrogens with zero attached hydrogens (tertiary/aromatic N) is 2. The smallest absolute Gasteiger partial charge is 0.131 e. The number of hydrogen-bond acceptors (Lipinski definition) is 3. The van der Waals surface area contributed by atoms with Crippen molar-refractivity contribution in [1.82, 2.24) is 10.1 Å². The first-order valence-electron chi connectivity index (χ1n) is 5.77. The van der Waals surface area contributed by atoms with Crippen molar-refractivity contribution >= 4 is 0 Å². The molecule has 0 saturated carbocycles. The van der Waals surface area contributed by atoms with E-state index in [9.17, 15) is 4.39 Å². The van der Waals surface area contributed by atoms with Gasteiger partial charge < -0.3 is 4.52 Å². The first-order chi connectivity index (χ1) is 9.25. The van der Waals surface area contributed by atoms with E-state index in [2.05, 4.69) is 14.7 Å². The summed E-state index contributed by atoms with van der Waals surface area (Å²) in [4.78, 5) is 3.85. The van der Waals surface area contributed by atoms with Crippen LogP contribution in [0, 0.1) is 12.7 Å². The van der Waals surface area contributed by atoms with Crippen LogP contribution < -0.4 is 0 Å². The van der Waals surface area contributed by atoms with Gasteiger partial charge in [0.2, 0.25) is 0 Å². The monoisotopic (exact) mass is 256 g/mol. The Balaban J connectivity index is 0.000000163. The minimum absolute atomic E-state index is 0.241. The zero-order valence-corrected chi connectivity index (χ0v) is 10.5. The third kappa shape index (κ3) is 4.03. The predicted molar refractivity (Wildman–Crippen MR) is 70.9 cm³/mol. The third-order valence-corrected chi connectivity index (χ3v) is 2.46. The summed E-state index contributed by atoms with van der Waals surface area (Å²) < 4.78 is 17.1. The number of halogens is 1. The first kappa shape index (κ1) is 13.0. The standard InChI is InChI=1S/C9H6FNO.C6H7N/c10-9-3-1-7(2-4-9)8-5-11-12-6-8;1-6-2-4-7-5-3-6/h1-6H;2-5H,1H3. The molecule has 1 aromatic carbocycles. The zero-order valence-electron chi connectivity index (χ0n) is 10.5. The van der Waals surface area contributed by atoms with Gasteiger partial charge in [-0.2, -0.15) is 0 Å². The van der Waals surface area contributed by atoms with Crippen molar-refractivity contribution in [3.8, 4) is 11.1 Å². The third-order valence-electron chi connectivity index (χ3n) is 2.46. The van der Waals surface area contributed by atoms with Crippen LogP contribution in [0.15, 0.2) is 65.8 Å². The van der Waals surface area contributed by atoms with E-state index in [4.69, 9.17) is 0 Å². The first-order valence-corrected chi connectivity index (χ1v) is 5.77. The van der Waals surface area contributed by atoms with Crippen LogP contribution in [0.3, 0.4) is 0 Å². The molecular formula is C15H13FN2O. The molecule has 2 heterocycles. The van der Waals surface area contributed by atoms with E-state index in [1.54, 1.807) is 30.7 Å². The summed E-state index contributed by atoms with van der Waals surface area (Å²) in [6, 6.07) is 10.1. The highest BCUT2D eigenvalue weighted by atomic mass is 19.1. The number of pyridine rings is 1. The molecule has 3 aromatic rings. The van der Waals surface area contributed by atoms with Gasteiger partial charge in [-0.1, -0.05) is 17.3 Å². The maximum atomic E-state index is 12.5. The van der Waals surface area contributed by atoms with Crippen molar-refractivity contribution in [1.29, 1.82) is 0 Å². The molecule has 0 unspecified atom stereocenters. The minimum Gasteiger partial charge on any atom is -0.364 e. The van der Waals surface area contributed by atoms with Gasteiger partial charge in [-0.3, -0.25) is 4.98 Å². The number of aryl methyl sites for hydroxylation is 1. The lowest BCUT2D eigenvalue weighted by atomic mass is 10.1. The van der Waals surface area contributed by atoms with Gasteiger partial charge in [-0.15, -0.1) is 0 Å². The molecule has 96 valence electrons. The second kappa shape index (κ2) is 6.44.